The third-order valence-electron chi connectivity index (χ3n) is 4.47. The van der Waals surface area contributed by atoms with Crippen LogP contribution in [0.25, 0.3) is 17.3 Å². The highest BCUT2D eigenvalue weighted by Crippen LogP contribution is 2.37. The minimum absolute atomic E-state index is 0.354. The molecule has 1 aromatic carbocycles. The van der Waals surface area contributed by atoms with Crippen LogP contribution >= 0.6 is 11.6 Å². The van der Waals surface area contributed by atoms with Crippen molar-refractivity contribution < 1.29 is 4.52 Å². The first-order chi connectivity index (χ1) is 11.6. The van der Waals surface area contributed by atoms with Crippen LogP contribution in [0.3, 0.4) is 0 Å². The zero-order valence-electron chi connectivity index (χ0n) is 13.2. The Morgan fingerprint density at radius 1 is 1.38 bits per heavy atom. The van der Waals surface area contributed by atoms with Crippen molar-refractivity contribution in [2.75, 3.05) is 0 Å². The quantitative estimate of drug-likeness (QED) is 0.781. The molecule has 1 fully saturated rings. The molecule has 0 saturated heterocycles. The molecule has 7 nitrogen and oxygen atoms in total. The second kappa shape index (κ2) is 5.68. The molecule has 124 valence electrons. The molecular formula is C16H17ClN6O. The van der Waals surface area contributed by atoms with Crippen LogP contribution in [0.2, 0.25) is 5.02 Å². The fourth-order valence-electron chi connectivity index (χ4n) is 2.90. The minimum atomic E-state index is -0.461. The Kier molecular flexibility index (Phi) is 3.62. The lowest BCUT2D eigenvalue weighted by atomic mass is 9.77. The Morgan fingerprint density at radius 3 is 2.88 bits per heavy atom. The van der Waals surface area contributed by atoms with Gasteiger partial charge in [-0.3, -0.25) is 0 Å². The average Bonchev–Trinajstić information content (AvgIpc) is 3.19. The van der Waals surface area contributed by atoms with E-state index in [0.717, 1.165) is 30.6 Å². The van der Waals surface area contributed by atoms with E-state index in [1.54, 1.807) is 4.68 Å². The molecule has 2 N–H and O–H groups in total. The molecule has 0 atom stereocenters. The van der Waals surface area contributed by atoms with Gasteiger partial charge in [-0.25, -0.2) is 4.68 Å². The fraction of sp³-hybridized carbons (Fsp3) is 0.375. The average molecular weight is 345 g/mol. The maximum Gasteiger partial charge on any atom is 0.280 e. The lowest BCUT2D eigenvalue weighted by Gasteiger charge is -2.34. The largest absolute Gasteiger partial charge is 0.332 e. The number of nitrogens with two attached hydrogens (primary N) is 1. The summed E-state index contributed by atoms with van der Waals surface area (Å²) in [7, 11) is 0. The number of halogens is 1. The van der Waals surface area contributed by atoms with Gasteiger partial charge in [-0.1, -0.05) is 35.0 Å². The zero-order valence-corrected chi connectivity index (χ0v) is 14.0. The number of hydrogen-bond donors (Lipinski definition) is 1. The molecule has 2 aromatic heterocycles. The summed E-state index contributed by atoms with van der Waals surface area (Å²) in [6.07, 6.45) is 3.55. The number of aromatic nitrogens is 5. The van der Waals surface area contributed by atoms with Gasteiger partial charge >= 0.3 is 0 Å². The monoisotopic (exact) mass is 344 g/mol. The number of rotatable bonds is 4. The number of hydrogen-bond acceptors (Lipinski definition) is 6. The lowest BCUT2D eigenvalue weighted by Crippen LogP contribution is -2.44. The van der Waals surface area contributed by atoms with E-state index >= 15 is 0 Å². The summed E-state index contributed by atoms with van der Waals surface area (Å²) >= 11 is 6.07. The smallest absolute Gasteiger partial charge is 0.280 e. The Bertz CT molecular complexity index is 882. The zero-order chi connectivity index (χ0) is 16.7. The van der Waals surface area contributed by atoms with Gasteiger partial charge < -0.3 is 10.3 Å². The molecule has 1 aliphatic carbocycles. The summed E-state index contributed by atoms with van der Waals surface area (Å²) < 4.78 is 7.15. The summed E-state index contributed by atoms with van der Waals surface area (Å²) in [6.45, 7) is 2.02. The van der Waals surface area contributed by atoms with Gasteiger partial charge in [-0.05, 0) is 43.9 Å². The molecule has 8 heteroatoms. The highest BCUT2D eigenvalue weighted by molar-refractivity contribution is 6.30. The summed E-state index contributed by atoms with van der Waals surface area (Å²) in [5, 5.41) is 13.2. The van der Waals surface area contributed by atoms with Crippen LogP contribution in [-0.2, 0) is 12.0 Å². The molecule has 2 heterocycles. The van der Waals surface area contributed by atoms with Crippen molar-refractivity contribution in [2.24, 2.45) is 5.73 Å². The Balaban J connectivity index is 1.74. The first-order valence-electron chi connectivity index (χ1n) is 7.95. The van der Waals surface area contributed by atoms with E-state index in [4.69, 9.17) is 21.9 Å². The van der Waals surface area contributed by atoms with Crippen LogP contribution in [0.15, 0.2) is 28.8 Å². The molecule has 0 bridgehead atoms. The van der Waals surface area contributed by atoms with E-state index in [1.165, 1.54) is 0 Å². The third-order valence-corrected chi connectivity index (χ3v) is 4.71. The molecule has 1 aliphatic rings. The molecule has 4 rings (SSSR count). The third kappa shape index (κ3) is 2.40. The van der Waals surface area contributed by atoms with E-state index < -0.39 is 5.54 Å². The van der Waals surface area contributed by atoms with Crippen molar-refractivity contribution in [2.45, 2.75) is 38.1 Å². The maximum atomic E-state index is 6.26. The van der Waals surface area contributed by atoms with Crippen molar-refractivity contribution in [3.05, 3.63) is 40.8 Å². The van der Waals surface area contributed by atoms with Gasteiger partial charge in [-0.2, -0.15) is 4.98 Å². The van der Waals surface area contributed by atoms with E-state index in [-0.39, 0.29) is 0 Å². The van der Waals surface area contributed by atoms with Crippen LogP contribution in [0.1, 0.15) is 37.7 Å². The predicted octanol–water partition coefficient (Wildman–Crippen LogP) is 2.87. The van der Waals surface area contributed by atoms with Gasteiger partial charge in [0.2, 0.25) is 0 Å². The van der Waals surface area contributed by atoms with Gasteiger partial charge in [0.15, 0.2) is 11.5 Å². The molecule has 3 aromatic rings. The summed E-state index contributed by atoms with van der Waals surface area (Å²) in [5.74, 6) is 0.898. The molecule has 1 saturated carbocycles. The highest BCUT2D eigenvalue weighted by atomic mass is 35.5. The first kappa shape index (κ1) is 15.3. The van der Waals surface area contributed by atoms with E-state index in [2.05, 4.69) is 20.5 Å². The first-order valence-corrected chi connectivity index (χ1v) is 8.32. The van der Waals surface area contributed by atoms with Crippen molar-refractivity contribution >= 4 is 11.6 Å². The summed E-state index contributed by atoms with van der Waals surface area (Å²) in [6, 6.07) is 7.45. The molecule has 0 unspecified atom stereocenters. The molecule has 0 aliphatic heterocycles. The fourth-order valence-corrected chi connectivity index (χ4v) is 3.09. The van der Waals surface area contributed by atoms with E-state index in [9.17, 15) is 0 Å². The molecule has 0 spiro atoms. The Hall–Kier alpha value is -2.25. The predicted molar refractivity (Wildman–Crippen MR) is 88.8 cm³/mol. The Labute approximate surface area is 143 Å². The van der Waals surface area contributed by atoms with Crippen LogP contribution in [0, 0.1) is 0 Å². The standard InChI is InChI=1S/C16H17ClN6O/c1-2-12-13(14-19-15(21-24-14)16(18)7-4-8-16)20-22-23(12)11-6-3-5-10(17)9-11/h3,5-6,9H,2,4,7-8,18H2,1H3. The highest BCUT2D eigenvalue weighted by Gasteiger charge is 2.39. The van der Waals surface area contributed by atoms with Crippen molar-refractivity contribution in [1.29, 1.82) is 0 Å². The van der Waals surface area contributed by atoms with Crippen molar-refractivity contribution in [3.63, 3.8) is 0 Å². The van der Waals surface area contributed by atoms with Crippen molar-refractivity contribution in [3.8, 4) is 17.3 Å². The van der Waals surface area contributed by atoms with Crippen LogP contribution < -0.4 is 5.73 Å². The van der Waals surface area contributed by atoms with Gasteiger partial charge in [0, 0.05) is 5.02 Å². The topological polar surface area (TPSA) is 95.7 Å². The van der Waals surface area contributed by atoms with Crippen LogP contribution in [0.5, 0.6) is 0 Å². The van der Waals surface area contributed by atoms with E-state index in [0.29, 0.717) is 28.9 Å². The van der Waals surface area contributed by atoms with E-state index in [1.807, 2.05) is 31.2 Å². The SMILES string of the molecule is CCc1c(-c2nc(C3(N)CCC3)no2)nnn1-c1cccc(Cl)c1. The lowest BCUT2D eigenvalue weighted by molar-refractivity contribution is 0.229. The number of benzene rings is 1. The van der Waals surface area contributed by atoms with Gasteiger partial charge in [0.25, 0.3) is 5.89 Å². The van der Waals surface area contributed by atoms with Gasteiger partial charge in [0.05, 0.1) is 16.9 Å². The van der Waals surface area contributed by atoms with Gasteiger partial charge in [0.1, 0.15) is 0 Å². The van der Waals surface area contributed by atoms with Crippen LogP contribution in [-0.4, -0.2) is 25.1 Å². The van der Waals surface area contributed by atoms with Crippen molar-refractivity contribution in [1.82, 2.24) is 25.1 Å². The molecule has 0 amide bonds. The normalized spacial score (nSPS) is 16.1. The number of nitrogens with zero attached hydrogens (tertiary/aromatic N) is 5. The minimum Gasteiger partial charge on any atom is -0.332 e. The Morgan fingerprint density at radius 2 is 2.21 bits per heavy atom. The maximum absolute atomic E-state index is 6.26. The second-order valence-corrected chi connectivity index (χ2v) is 6.50. The van der Waals surface area contributed by atoms with Gasteiger partial charge in [-0.15, -0.1) is 5.10 Å². The molecule has 0 radical (unpaired) electrons. The van der Waals surface area contributed by atoms with Crippen LogP contribution in [0.4, 0.5) is 0 Å². The summed E-state index contributed by atoms with van der Waals surface area (Å²) in [5.41, 5.74) is 8.10. The second-order valence-electron chi connectivity index (χ2n) is 6.06. The summed E-state index contributed by atoms with van der Waals surface area (Å²) in [4.78, 5) is 4.46. The molecule has 24 heavy (non-hydrogen) atoms. The molecular weight excluding hydrogens is 328 g/mol.